The number of fused-ring (bicyclic) bond motifs is 1. The molecular weight excluding hydrogens is 288 g/mol. The molecule has 2 aromatic rings. The summed E-state index contributed by atoms with van der Waals surface area (Å²) < 4.78 is 11.3. The quantitative estimate of drug-likeness (QED) is 0.666. The van der Waals surface area contributed by atoms with Crippen LogP contribution < -0.4 is 20.5 Å². The number of anilines is 3. The van der Waals surface area contributed by atoms with Gasteiger partial charge in [-0.15, -0.1) is 0 Å². The molecule has 1 aliphatic rings. The number of hydrogen-bond donors (Lipinski definition) is 2. The van der Waals surface area contributed by atoms with Gasteiger partial charge in [-0.3, -0.25) is 0 Å². The molecule has 3 N–H and O–H groups in total. The normalized spacial score (nSPS) is 13.6. The molecule has 0 radical (unpaired) electrons. The number of ether oxygens (including phenoxy) is 2. The van der Waals surface area contributed by atoms with E-state index < -0.39 is 0 Å². The van der Waals surface area contributed by atoms with Crippen LogP contribution in [0.2, 0.25) is 0 Å². The van der Waals surface area contributed by atoms with Gasteiger partial charge in [-0.25, -0.2) is 9.97 Å². The molecule has 1 aliphatic heterocycles. The zero-order valence-electron chi connectivity index (χ0n) is 11.6. The van der Waals surface area contributed by atoms with Gasteiger partial charge in [0.1, 0.15) is 11.6 Å². The van der Waals surface area contributed by atoms with Crippen molar-refractivity contribution in [1.82, 2.24) is 9.97 Å². The minimum absolute atomic E-state index is 0.436. The highest BCUT2D eigenvalue weighted by atomic mass is 32.2. The van der Waals surface area contributed by atoms with Crippen molar-refractivity contribution in [2.45, 2.75) is 11.6 Å². The summed E-state index contributed by atoms with van der Waals surface area (Å²) in [6, 6.07) is 7.41. The van der Waals surface area contributed by atoms with E-state index in [9.17, 15) is 0 Å². The maximum atomic E-state index is 5.77. The fraction of sp³-hybridized carbons (Fsp3) is 0.286. The number of nitrogens with two attached hydrogens (primary N) is 1. The summed E-state index contributed by atoms with van der Waals surface area (Å²) >= 11 is 1.45. The Labute approximate surface area is 127 Å². The van der Waals surface area contributed by atoms with Gasteiger partial charge in [0.15, 0.2) is 16.7 Å². The Balaban J connectivity index is 1.85. The number of rotatable bonds is 3. The van der Waals surface area contributed by atoms with Crippen LogP contribution in [0.25, 0.3) is 0 Å². The Bertz CT molecular complexity index is 651. The Hall–Kier alpha value is -2.15. The van der Waals surface area contributed by atoms with Gasteiger partial charge < -0.3 is 20.5 Å². The van der Waals surface area contributed by atoms with Gasteiger partial charge in [-0.2, -0.15) is 0 Å². The van der Waals surface area contributed by atoms with E-state index in [1.54, 1.807) is 6.07 Å². The van der Waals surface area contributed by atoms with Crippen molar-refractivity contribution in [2.75, 3.05) is 30.5 Å². The number of nitrogens with zero attached hydrogens (tertiary/aromatic N) is 2. The van der Waals surface area contributed by atoms with Crippen molar-refractivity contribution in [2.24, 2.45) is 0 Å². The molecule has 21 heavy (non-hydrogen) atoms. The minimum Gasteiger partial charge on any atom is -0.490 e. The Morgan fingerprint density at radius 3 is 2.76 bits per heavy atom. The van der Waals surface area contributed by atoms with Crippen LogP contribution in [0.15, 0.2) is 29.4 Å². The second kappa shape index (κ2) is 6.09. The molecule has 0 saturated carbocycles. The van der Waals surface area contributed by atoms with Gasteiger partial charge in [-0.05, 0) is 18.4 Å². The molecule has 0 fully saturated rings. The number of thioether (sulfide) groups is 1. The van der Waals surface area contributed by atoms with E-state index >= 15 is 0 Å². The molecule has 0 amide bonds. The summed E-state index contributed by atoms with van der Waals surface area (Å²) in [5, 5.41) is 3.84. The number of aromatic nitrogens is 2. The van der Waals surface area contributed by atoms with Crippen molar-refractivity contribution >= 4 is 29.1 Å². The summed E-state index contributed by atoms with van der Waals surface area (Å²) in [5.41, 5.74) is 6.64. The summed E-state index contributed by atoms with van der Waals surface area (Å²) in [4.78, 5) is 8.49. The van der Waals surface area contributed by atoms with Crippen LogP contribution in [-0.2, 0) is 0 Å². The molecule has 7 heteroatoms. The predicted octanol–water partition coefficient (Wildman–Crippen LogP) is 2.69. The van der Waals surface area contributed by atoms with Crippen LogP contribution in [0.4, 0.5) is 17.3 Å². The standard InChI is InChI=1S/C14H16N4O2S/c1-21-14-17-12(15)8-13(18-14)16-9-3-4-10-11(7-9)20-6-2-5-19-10/h3-4,7-8H,2,5-6H2,1H3,(H3,15,16,17,18). The molecule has 1 aromatic heterocycles. The summed E-state index contributed by atoms with van der Waals surface area (Å²) in [7, 11) is 0. The molecule has 110 valence electrons. The second-order valence-corrected chi connectivity index (χ2v) is 5.28. The van der Waals surface area contributed by atoms with E-state index in [1.807, 2.05) is 24.5 Å². The van der Waals surface area contributed by atoms with E-state index in [2.05, 4.69) is 15.3 Å². The Kier molecular flexibility index (Phi) is 4.01. The smallest absolute Gasteiger partial charge is 0.191 e. The lowest BCUT2D eigenvalue weighted by Gasteiger charge is -2.11. The van der Waals surface area contributed by atoms with Gasteiger partial charge in [0.25, 0.3) is 0 Å². The third-order valence-corrected chi connectivity index (χ3v) is 3.48. The third-order valence-electron chi connectivity index (χ3n) is 2.93. The van der Waals surface area contributed by atoms with Crippen molar-refractivity contribution in [1.29, 1.82) is 0 Å². The molecule has 2 heterocycles. The monoisotopic (exact) mass is 304 g/mol. The first-order chi connectivity index (χ1) is 10.2. The van der Waals surface area contributed by atoms with Crippen LogP contribution in [0.3, 0.4) is 0 Å². The molecule has 0 aliphatic carbocycles. The molecule has 0 bridgehead atoms. The van der Waals surface area contributed by atoms with Crippen molar-refractivity contribution in [3.8, 4) is 11.5 Å². The summed E-state index contributed by atoms with van der Waals surface area (Å²) in [6.07, 6.45) is 2.79. The van der Waals surface area contributed by atoms with E-state index in [4.69, 9.17) is 15.2 Å². The fourth-order valence-corrected chi connectivity index (χ4v) is 2.37. The molecular formula is C14H16N4O2S. The zero-order valence-corrected chi connectivity index (χ0v) is 12.4. The number of nitrogen functional groups attached to an aromatic ring is 1. The van der Waals surface area contributed by atoms with Gasteiger partial charge in [0.05, 0.1) is 13.2 Å². The molecule has 0 spiro atoms. The molecule has 0 atom stereocenters. The largest absolute Gasteiger partial charge is 0.490 e. The average Bonchev–Trinajstić information content (AvgIpc) is 2.71. The minimum atomic E-state index is 0.436. The topological polar surface area (TPSA) is 82.3 Å². The zero-order chi connectivity index (χ0) is 14.7. The number of nitrogens with one attached hydrogen (secondary N) is 1. The lowest BCUT2D eigenvalue weighted by Crippen LogP contribution is -2.00. The summed E-state index contributed by atoms with van der Waals surface area (Å²) in [5.74, 6) is 2.60. The van der Waals surface area contributed by atoms with Gasteiger partial charge in [0.2, 0.25) is 0 Å². The number of benzene rings is 1. The molecule has 3 rings (SSSR count). The van der Waals surface area contributed by atoms with Crippen LogP contribution in [0.1, 0.15) is 6.42 Å². The number of hydrogen-bond acceptors (Lipinski definition) is 7. The second-order valence-electron chi connectivity index (χ2n) is 4.50. The summed E-state index contributed by atoms with van der Waals surface area (Å²) in [6.45, 7) is 1.34. The van der Waals surface area contributed by atoms with Crippen LogP contribution >= 0.6 is 11.8 Å². The highest BCUT2D eigenvalue weighted by Crippen LogP contribution is 2.33. The first-order valence-electron chi connectivity index (χ1n) is 6.60. The van der Waals surface area contributed by atoms with Crippen LogP contribution in [0, 0.1) is 0 Å². The average molecular weight is 304 g/mol. The molecule has 0 saturated heterocycles. The van der Waals surface area contributed by atoms with E-state index in [0.29, 0.717) is 30.0 Å². The maximum Gasteiger partial charge on any atom is 0.191 e. The van der Waals surface area contributed by atoms with Gasteiger partial charge in [0, 0.05) is 24.2 Å². The highest BCUT2D eigenvalue weighted by molar-refractivity contribution is 7.98. The predicted molar refractivity (Wildman–Crippen MR) is 83.6 cm³/mol. The third kappa shape index (κ3) is 3.30. The van der Waals surface area contributed by atoms with Crippen LogP contribution in [0.5, 0.6) is 11.5 Å². The lowest BCUT2D eigenvalue weighted by atomic mass is 10.2. The Morgan fingerprint density at radius 1 is 1.14 bits per heavy atom. The lowest BCUT2D eigenvalue weighted by molar-refractivity contribution is 0.297. The Morgan fingerprint density at radius 2 is 1.95 bits per heavy atom. The van der Waals surface area contributed by atoms with E-state index in [1.165, 1.54) is 11.8 Å². The molecule has 1 aromatic carbocycles. The molecule has 6 nitrogen and oxygen atoms in total. The first-order valence-corrected chi connectivity index (χ1v) is 7.82. The molecule has 0 unspecified atom stereocenters. The van der Waals surface area contributed by atoms with Gasteiger partial charge in [-0.1, -0.05) is 11.8 Å². The van der Waals surface area contributed by atoms with E-state index in [0.717, 1.165) is 23.6 Å². The fourth-order valence-electron chi connectivity index (χ4n) is 1.99. The van der Waals surface area contributed by atoms with Crippen molar-refractivity contribution in [3.63, 3.8) is 0 Å². The first kappa shape index (κ1) is 13.8. The SMILES string of the molecule is CSc1nc(N)cc(Nc2ccc3c(c2)OCCCO3)n1. The van der Waals surface area contributed by atoms with Crippen molar-refractivity contribution < 1.29 is 9.47 Å². The van der Waals surface area contributed by atoms with Crippen LogP contribution in [-0.4, -0.2) is 29.4 Å². The maximum absolute atomic E-state index is 5.77. The van der Waals surface area contributed by atoms with Crippen molar-refractivity contribution in [3.05, 3.63) is 24.3 Å². The van der Waals surface area contributed by atoms with Gasteiger partial charge >= 0.3 is 0 Å². The van der Waals surface area contributed by atoms with E-state index in [-0.39, 0.29) is 0 Å². The highest BCUT2D eigenvalue weighted by Gasteiger charge is 2.11.